The zero-order valence-electron chi connectivity index (χ0n) is 11.5. The number of amides is 1. The molecule has 5 nitrogen and oxygen atoms in total. The minimum atomic E-state index is -0.150. The van der Waals surface area contributed by atoms with E-state index >= 15 is 0 Å². The Labute approximate surface area is 131 Å². The Hall–Kier alpha value is -1.75. The summed E-state index contributed by atoms with van der Waals surface area (Å²) in [6.45, 7) is 2.35. The van der Waals surface area contributed by atoms with Crippen LogP contribution in [0.25, 0.3) is 0 Å². The minimum Gasteiger partial charge on any atom is -0.384 e. The van der Waals surface area contributed by atoms with Crippen molar-refractivity contribution in [2.24, 2.45) is 0 Å². The molecule has 2 N–H and O–H groups in total. The monoisotopic (exact) mass is 321 g/mol. The van der Waals surface area contributed by atoms with E-state index in [1.54, 1.807) is 0 Å². The van der Waals surface area contributed by atoms with Gasteiger partial charge in [-0.2, -0.15) is 0 Å². The summed E-state index contributed by atoms with van der Waals surface area (Å²) in [6, 6.07) is 3.80. The number of aliphatic hydroxyl groups excluding tert-OH is 1. The molecule has 0 fully saturated rings. The van der Waals surface area contributed by atoms with Gasteiger partial charge in [-0.05, 0) is 30.1 Å². The molecule has 0 unspecified atom stereocenters. The summed E-state index contributed by atoms with van der Waals surface area (Å²) < 4.78 is 3.85. The number of carbonyl (C=O) groups is 1. The number of aryl methyl sites for hydroxylation is 1. The van der Waals surface area contributed by atoms with Gasteiger partial charge in [0.1, 0.15) is 11.5 Å². The number of aliphatic hydroxyl groups is 1. The molecule has 2 aromatic rings. The van der Waals surface area contributed by atoms with Crippen molar-refractivity contribution in [3.05, 3.63) is 32.5 Å². The summed E-state index contributed by atoms with van der Waals surface area (Å²) in [5.41, 5.74) is 0.765. The zero-order valence-corrected chi connectivity index (χ0v) is 13.2. The first-order valence-electron chi connectivity index (χ1n) is 6.52. The van der Waals surface area contributed by atoms with E-state index < -0.39 is 0 Å². The molecule has 2 heterocycles. The van der Waals surface area contributed by atoms with E-state index in [9.17, 15) is 4.79 Å². The largest absolute Gasteiger partial charge is 0.384 e. The lowest BCUT2D eigenvalue weighted by Crippen LogP contribution is -2.22. The topological polar surface area (TPSA) is 75.1 Å². The molecule has 2 rings (SSSR count). The van der Waals surface area contributed by atoms with Crippen LogP contribution in [-0.2, 0) is 13.0 Å². The third-order valence-corrected chi connectivity index (χ3v) is 4.39. The van der Waals surface area contributed by atoms with Crippen LogP contribution in [0.15, 0.2) is 12.1 Å². The number of carbonyl (C=O) groups excluding carboxylic acids is 1. The second-order valence-corrected chi connectivity index (χ2v) is 6.13. The number of hydrogen-bond donors (Lipinski definition) is 2. The van der Waals surface area contributed by atoms with Crippen molar-refractivity contribution >= 4 is 28.8 Å². The average Bonchev–Trinajstić information content (AvgIpc) is 3.12. The van der Waals surface area contributed by atoms with Gasteiger partial charge < -0.3 is 10.4 Å². The predicted molar refractivity (Wildman–Crippen MR) is 83.4 cm³/mol. The molecular formula is C14H15N3O2S2. The van der Waals surface area contributed by atoms with E-state index in [1.165, 1.54) is 11.3 Å². The maximum atomic E-state index is 12.1. The number of aromatic nitrogens is 2. The van der Waals surface area contributed by atoms with Crippen molar-refractivity contribution in [1.82, 2.24) is 14.9 Å². The standard InChI is InChI=1S/C14H15N3O2S2/c1-2-4-12-13(21-17-16-12)14(19)15-9-11-7-6-10(20-11)5-3-8-18/h6-7,18H,2,4,8-9H2,1H3,(H,15,19). The van der Waals surface area contributed by atoms with Crippen LogP contribution >= 0.6 is 22.9 Å². The maximum Gasteiger partial charge on any atom is 0.265 e. The van der Waals surface area contributed by atoms with Gasteiger partial charge in [-0.15, -0.1) is 16.4 Å². The average molecular weight is 321 g/mol. The second kappa shape index (κ2) is 7.88. The molecule has 110 valence electrons. The van der Waals surface area contributed by atoms with Gasteiger partial charge in [-0.1, -0.05) is 29.7 Å². The molecule has 0 aliphatic rings. The van der Waals surface area contributed by atoms with Crippen LogP contribution in [0.5, 0.6) is 0 Å². The van der Waals surface area contributed by atoms with Crippen LogP contribution in [0.2, 0.25) is 0 Å². The van der Waals surface area contributed by atoms with Gasteiger partial charge in [-0.3, -0.25) is 4.79 Å². The molecule has 2 aromatic heterocycles. The zero-order chi connectivity index (χ0) is 15.1. The highest BCUT2D eigenvalue weighted by molar-refractivity contribution is 7.12. The SMILES string of the molecule is CCCc1nnsc1C(=O)NCc1ccc(C#CCO)s1. The van der Waals surface area contributed by atoms with E-state index in [1.807, 2.05) is 19.1 Å². The highest BCUT2D eigenvalue weighted by Crippen LogP contribution is 2.16. The quantitative estimate of drug-likeness (QED) is 0.824. The Morgan fingerprint density at radius 2 is 2.33 bits per heavy atom. The summed E-state index contributed by atoms with van der Waals surface area (Å²) in [6.07, 6.45) is 1.70. The molecular weight excluding hydrogens is 306 g/mol. The van der Waals surface area contributed by atoms with Gasteiger partial charge in [0.05, 0.1) is 17.1 Å². The molecule has 7 heteroatoms. The van der Waals surface area contributed by atoms with Gasteiger partial charge in [0.2, 0.25) is 0 Å². The number of hydrogen-bond acceptors (Lipinski definition) is 6. The normalized spacial score (nSPS) is 10.0. The van der Waals surface area contributed by atoms with Gasteiger partial charge in [0.25, 0.3) is 5.91 Å². The maximum absolute atomic E-state index is 12.1. The van der Waals surface area contributed by atoms with E-state index in [0.717, 1.165) is 39.8 Å². The first-order valence-corrected chi connectivity index (χ1v) is 8.11. The third-order valence-electron chi connectivity index (χ3n) is 2.62. The second-order valence-electron chi connectivity index (χ2n) is 4.21. The lowest BCUT2D eigenvalue weighted by atomic mass is 10.2. The van der Waals surface area contributed by atoms with Gasteiger partial charge in [0, 0.05) is 4.88 Å². The van der Waals surface area contributed by atoms with Gasteiger partial charge >= 0.3 is 0 Å². The summed E-state index contributed by atoms with van der Waals surface area (Å²) >= 11 is 2.63. The molecule has 0 bridgehead atoms. The highest BCUT2D eigenvalue weighted by atomic mass is 32.1. The fourth-order valence-corrected chi connectivity index (χ4v) is 3.14. The Morgan fingerprint density at radius 1 is 1.48 bits per heavy atom. The highest BCUT2D eigenvalue weighted by Gasteiger charge is 2.15. The summed E-state index contributed by atoms with van der Waals surface area (Å²) in [7, 11) is 0. The third kappa shape index (κ3) is 4.36. The van der Waals surface area contributed by atoms with Crippen LogP contribution in [0.3, 0.4) is 0 Å². The number of rotatable bonds is 5. The first kappa shape index (κ1) is 15.6. The molecule has 0 spiro atoms. The fourth-order valence-electron chi connectivity index (χ4n) is 1.70. The van der Waals surface area contributed by atoms with Crippen LogP contribution in [0.1, 0.15) is 38.5 Å². The lowest BCUT2D eigenvalue weighted by molar-refractivity contribution is 0.0954. The Bertz CT molecular complexity index is 667. The van der Waals surface area contributed by atoms with Crippen molar-refractivity contribution in [2.45, 2.75) is 26.3 Å². The Kier molecular flexibility index (Phi) is 5.87. The van der Waals surface area contributed by atoms with Gasteiger partial charge in [-0.25, -0.2) is 0 Å². The summed E-state index contributed by atoms with van der Waals surface area (Å²) in [4.78, 5) is 14.6. The number of thiophene rings is 1. The van der Waals surface area contributed by atoms with Crippen LogP contribution < -0.4 is 5.32 Å². The number of nitrogens with one attached hydrogen (secondary N) is 1. The van der Waals surface area contributed by atoms with E-state index in [4.69, 9.17) is 5.11 Å². The van der Waals surface area contributed by atoms with Crippen molar-refractivity contribution in [3.8, 4) is 11.8 Å². The predicted octanol–water partition coefficient (Wildman–Crippen LogP) is 1.83. The van der Waals surface area contributed by atoms with Crippen molar-refractivity contribution in [3.63, 3.8) is 0 Å². The smallest absolute Gasteiger partial charge is 0.265 e. The lowest BCUT2D eigenvalue weighted by Gasteiger charge is -2.02. The Morgan fingerprint density at radius 3 is 3.10 bits per heavy atom. The molecule has 0 radical (unpaired) electrons. The van der Waals surface area contributed by atoms with Gasteiger partial charge in [0.15, 0.2) is 0 Å². The molecule has 0 aliphatic heterocycles. The van der Waals surface area contributed by atoms with Crippen LogP contribution in [0.4, 0.5) is 0 Å². The van der Waals surface area contributed by atoms with Crippen LogP contribution in [-0.4, -0.2) is 27.2 Å². The van der Waals surface area contributed by atoms with E-state index in [2.05, 4.69) is 26.7 Å². The molecule has 21 heavy (non-hydrogen) atoms. The first-order chi connectivity index (χ1) is 10.2. The Balaban J connectivity index is 1.94. The molecule has 0 aromatic carbocycles. The van der Waals surface area contributed by atoms with E-state index in [0.29, 0.717) is 11.4 Å². The molecule has 0 aliphatic carbocycles. The van der Waals surface area contributed by atoms with E-state index in [-0.39, 0.29) is 12.5 Å². The summed E-state index contributed by atoms with van der Waals surface area (Å²) in [5, 5.41) is 15.5. The van der Waals surface area contributed by atoms with Crippen molar-refractivity contribution in [2.75, 3.05) is 6.61 Å². The molecule has 0 saturated carbocycles. The van der Waals surface area contributed by atoms with Crippen LogP contribution in [0, 0.1) is 11.8 Å². The summed E-state index contributed by atoms with van der Waals surface area (Å²) in [5.74, 6) is 5.31. The molecule has 0 atom stereocenters. The molecule has 1 amide bonds. The minimum absolute atomic E-state index is 0.134. The van der Waals surface area contributed by atoms with Crippen molar-refractivity contribution in [1.29, 1.82) is 0 Å². The number of nitrogens with zero attached hydrogens (tertiary/aromatic N) is 2. The van der Waals surface area contributed by atoms with Crippen molar-refractivity contribution < 1.29 is 9.90 Å². The molecule has 0 saturated heterocycles. The fraction of sp³-hybridized carbons (Fsp3) is 0.357.